The Morgan fingerprint density at radius 1 is 1.25 bits per heavy atom. The minimum absolute atomic E-state index is 0. The van der Waals surface area contributed by atoms with Gasteiger partial charge in [0.05, 0.1) is 0 Å². The molecule has 0 aromatic heterocycles. The summed E-state index contributed by atoms with van der Waals surface area (Å²) in [5.74, 6) is 0. The predicted octanol–water partition coefficient (Wildman–Crippen LogP) is -0.126. The molecule has 0 amide bonds. The van der Waals surface area contributed by atoms with Gasteiger partial charge in [0.2, 0.25) is 0 Å². The van der Waals surface area contributed by atoms with E-state index >= 15 is 0 Å². The van der Waals surface area contributed by atoms with Crippen molar-refractivity contribution in [3.05, 3.63) is 0 Å². The summed E-state index contributed by atoms with van der Waals surface area (Å²) in [6.07, 6.45) is 0. The van der Waals surface area contributed by atoms with Crippen LogP contribution < -0.4 is 0 Å². The van der Waals surface area contributed by atoms with E-state index in [0.29, 0.717) is 0 Å². The molecule has 0 aliphatic heterocycles. The van der Waals surface area contributed by atoms with Gasteiger partial charge in [-0.05, 0) is 0 Å². The van der Waals surface area contributed by atoms with Crippen molar-refractivity contribution >= 4 is 0 Å². The normalized spacial score (nSPS) is 0.750. The fourth-order valence-corrected chi connectivity index (χ4v) is 0. The molecule has 0 aliphatic rings. The summed E-state index contributed by atoms with van der Waals surface area (Å²) >= 11 is 0.750. The van der Waals surface area contributed by atoms with E-state index in [1.54, 1.807) is 0 Å². The van der Waals surface area contributed by atoms with Crippen LogP contribution in [0.3, 0.4) is 0 Å². The third-order valence-electron chi connectivity index (χ3n) is 0. The Hall–Kier alpha value is 1.61. The van der Waals surface area contributed by atoms with Crippen LogP contribution in [-0.2, 0) is 59.1 Å². The maximum Gasteiger partial charge on any atom is 0 e. The molecule has 0 saturated heterocycles. The molecule has 0 bridgehead atoms. The van der Waals surface area contributed by atoms with E-state index in [0.717, 1.165) is 20.4 Å². The first-order valence-electron chi connectivity index (χ1n) is 0.204. The van der Waals surface area contributed by atoms with Crippen LogP contribution in [0.25, 0.3) is 0 Å². The van der Waals surface area contributed by atoms with Crippen LogP contribution in [0.15, 0.2) is 0 Å². The first-order valence-corrected chi connectivity index (χ1v) is 0.842. The molecule has 4 heteroatoms. The summed E-state index contributed by atoms with van der Waals surface area (Å²) in [5, 5.41) is 0. The van der Waals surface area contributed by atoms with Gasteiger partial charge in [0.15, 0.2) is 0 Å². The van der Waals surface area contributed by atoms with Crippen LogP contribution >= 0.6 is 0 Å². The van der Waals surface area contributed by atoms with E-state index in [1.807, 2.05) is 0 Å². The second kappa shape index (κ2) is 23.2. The zero-order chi connectivity index (χ0) is 2.00. The average Bonchev–Trinajstić information content (AvgIpc) is 1.00. The van der Waals surface area contributed by atoms with Crippen LogP contribution in [0.5, 0.6) is 0 Å². The third kappa shape index (κ3) is 9.50. The maximum absolute atomic E-state index is 8.25. The fraction of sp³-hybridized carbons (Fsp3) is 0. The van der Waals surface area contributed by atoms with Crippen LogP contribution in [-0.4, -0.2) is 0 Å². The van der Waals surface area contributed by atoms with Crippen molar-refractivity contribution in [3.63, 3.8) is 0 Å². The maximum atomic E-state index is 8.25. The SMILES string of the molecule is [Co].[O]=[Ti].[V]. The molecule has 0 heterocycles. The van der Waals surface area contributed by atoms with Gasteiger partial charge >= 0.3 is 23.7 Å². The van der Waals surface area contributed by atoms with Gasteiger partial charge in [-0.1, -0.05) is 0 Å². The summed E-state index contributed by atoms with van der Waals surface area (Å²) in [4.78, 5) is 0. The van der Waals surface area contributed by atoms with Gasteiger partial charge in [0.1, 0.15) is 0 Å². The Balaban J connectivity index is -0.00000000500. The van der Waals surface area contributed by atoms with Crippen molar-refractivity contribution in [2.45, 2.75) is 0 Å². The molecule has 0 aliphatic carbocycles. The van der Waals surface area contributed by atoms with Gasteiger partial charge in [0.25, 0.3) is 0 Å². The summed E-state index contributed by atoms with van der Waals surface area (Å²) in [7, 11) is 0. The van der Waals surface area contributed by atoms with Crippen LogP contribution in [0.4, 0.5) is 0 Å². The molecule has 0 rings (SSSR count). The number of hydrogen-bond donors (Lipinski definition) is 0. The molecule has 0 fully saturated rings. The minimum atomic E-state index is 0. The molecule has 4 heavy (non-hydrogen) atoms. The second-order valence-electron chi connectivity index (χ2n) is 0. The van der Waals surface area contributed by atoms with Gasteiger partial charge < -0.3 is 0 Å². The van der Waals surface area contributed by atoms with Crippen LogP contribution in [0, 0.1) is 0 Å². The van der Waals surface area contributed by atoms with Gasteiger partial charge in [-0.2, -0.15) is 0 Å². The van der Waals surface area contributed by atoms with Crippen molar-refractivity contribution in [2.24, 2.45) is 0 Å². The van der Waals surface area contributed by atoms with E-state index in [1.165, 1.54) is 0 Å². The fourth-order valence-electron chi connectivity index (χ4n) is 0. The summed E-state index contributed by atoms with van der Waals surface area (Å²) < 4.78 is 8.25. The molecule has 0 saturated carbocycles. The van der Waals surface area contributed by atoms with Crippen molar-refractivity contribution in [1.82, 2.24) is 0 Å². The molecule has 1 nitrogen and oxygen atoms in total. The zero-order valence-electron chi connectivity index (χ0n) is 1.69. The Morgan fingerprint density at radius 3 is 1.25 bits per heavy atom. The zero-order valence-corrected chi connectivity index (χ0v) is 5.69. The molecule has 0 unspecified atom stereocenters. The molecular formula is CoOTiV. The van der Waals surface area contributed by atoms with Crippen molar-refractivity contribution in [2.75, 3.05) is 0 Å². The smallest absolute Gasteiger partial charge is 0 e. The van der Waals surface area contributed by atoms with E-state index in [9.17, 15) is 0 Å². The Labute approximate surface area is 58.7 Å². The summed E-state index contributed by atoms with van der Waals surface area (Å²) in [6, 6.07) is 0. The molecule has 0 N–H and O–H groups in total. The number of hydrogen-bond acceptors (Lipinski definition) is 1. The Kier molecular flexibility index (Phi) is 102. The third-order valence-corrected chi connectivity index (χ3v) is 0. The topological polar surface area (TPSA) is 17.1 Å². The summed E-state index contributed by atoms with van der Waals surface area (Å²) in [6.45, 7) is 0. The molecule has 0 aromatic rings. The van der Waals surface area contributed by atoms with Crippen molar-refractivity contribution in [3.8, 4) is 0 Å². The standard InChI is InChI=1S/Co.O.Ti.V. The van der Waals surface area contributed by atoms with Crippen molar-refractivity contribution in [1.29, 1.82) is 0 Å². The summed E-state index contributed by atoms with van der Waals surface area (Å²) in [5.41, 5.74) is 0. The largest absolute Gasteiger partial charge is 0 e. The first-order chi connectivity index (χ1) is 1.00. The molecule has 0 spiro atoms. The van der Waals surface area contributed by atoms with E-state index < -0.39 is 0 Å². The van der Waals surface area contributed by atoms with Gasteiger partial charge in [0, 0.05) is 35.3 Å². The van der Waals surface area contributed by atoms with Crippen molar-refractivity contribution < 1.29 is 59.1 Å². The molecular weight excluding hydrogens is 174 g/mol. The first kappa shape index (κ1) is 17.5. The Bertz CT molecular complexity index is 8.00. The van der Waals surface area contributed by atoms with Crippen LogP contribution in [0.2, 0.25) is 0 Å². The minimum Gasteiger partial charge on any atom is 0 e. The number of rotatable bonds is 0. The van der Waals surface area contributed by atoms with E-state index in [4.69, 9.17) is 3.32 Å². The molecule has 2 radical (unpaired) electrons. The van der Waals surface area contributed by atoms with Crippen LogP contribution in [0.1, 0.15) is 0 Å². The Morgan fingerprint density at radius 2 is 1.25 bits per heavy atom. The van der Waals surface area contributed by atoms with Gasteiger partial charge in [-0.25, -0.2) is 0 Å². The molecule has 24 valence electrons. The van der Waals surface area contributed by atoms with Gasteiger partial charge in [-0.3, -0.25) is 0 Å². The quantitative estimate of drug-likeness (QED) is 0.467. The molecule has 0 aromatic carbocycles. The van der Waals surface area contributed by atoms with E-state index in [2.05, 4.69) is 0 Å². The molecule has 0 atom stereocenters. The second-order valence-corrected chi connectivity index (χ2v) is 0. The van der Waals surface area contributed by atoms with Gasteiger partial charge in [-0.15, -0.1) is 0 Å². The predicted molar refractivity (Wildman–Crippen MR) is 0.686 cm³/mol. The average molecular weight is 174 g/mol. The van der Waals surface area contributed by atoms with E-state index in [-0.39, 0.29) is 35.3 Å². The monoisotopic (exact) mass is 174 g/mol.